The molecule has 42 heavy (non-hydrogen) atoms. The van der Waals surface area contributed by atoms with Crippen LogP contribution in [0.5, 0.6) is 0 Å². The molecule has 1 heterocycles. The Balaban J connectivity index is 2.89. The molecule has 0 aliphatic rings. The first-order valence-corrected chi connectivity index (χ1v) is 18.8. The third kappa shape index (κ3) is 11.6. The number of carbonyl (C=O) groups excluding carboxylic acids is 1. The number of hydrogen-bond acceptors (Lipinski definition) is 6. The number of Topliss-reactive ketones (excluding diaryl/α,β-unsaturated/α-hetero) is 1. The van der Waals surface area contributed by atoms with Gasteiger partial charge in [0.2, 0.25) is 0 Å². The van der Waals surface area contributed by atoms with E-state index in [9.17, 15) is 20.1 Å². The number of hydrogen-bond donors (Lipinski definition) is 3. The fraction of sp³-hybridized carbons (Fsp3) is 0.706. The van der Waals surface area contributed by atoms with E-state index in [-0.39, 0.29) is 35.9 Å². The minimum Gasteiger partial charge on any atom is -0.409 e. The van der Waals surface area contributed by atoms with E-state index in [4.69, 9.17) is 16.0 Å². The van der Waals surface area contributed by atoms with Gasteiger partial charge in [0, 0.05) is 29.2 Å². The van der Waals surface area contributed by atoms with Gasteiger partial charge in [-0.2, -0.15) is 0 Å². The van der Waals surface area contributed by atoms with Crippen LogP contribution in [0.4, 0.5) is 0 Å². The fourth-order valence-corrected chi connectivity index (χ4v) is 6.44. The number of aliphatic hydroxyl groups is 3. The molecule has 0 aliphatic carbocycles. The van der Waals surface area contributed by atoms with Gasteiger partial charge in [-0.3, -0.25) is 9.78 Å². The lowest BCUT2D eigenvalue weighted by molar-refractivity contribution is -0.143. The SMILES string of the molecule is CCC(C(=O)C(C)(C)C(O)CCO)C(O)C(C)CCCC(C)=CCC(O[Si](C)(C)C(C)(C)C)C(Cl)=Cc1ccccn1. The van der Waals surface area contributed by atoms with Crippen molar-refractivity contribution in [3.63, 3.8) is 0 Å². The average Bonchev–Trinajstić information content (AvgIpc) is 2.91. The molecule has 0 aromatic carbocycles. The Kier molecular flexibility index (Phi) is 15.9. The molecule has 1 rings (SSSR count). The van der Waals surface area contributed by atoms with E-state index in [2.05, 4.69) is 51.8 Å². The molecule has 0 fully saturated rings. The van der Waals surface area contributed by atoms with Crippen molar-refractivity contribution in [2.24, 2.45) is 17.3 Å². The predicted molar refractivity (Wildman–Crippen MR) is 178 cm³/mol. The van der Waals surface area contributed by atoms with Gasteiger partial charge in [-0.05, 0) is 87.7 Å². The van der Waals surface area contributed by atoms with Crippen LogP contribution in [0.1, 0.15) is 99.6 Å². The third-order valence-corrected chi connectivity index (χ3v) is 13.9. The van der Waals surface area contributed by atoms with Gasteiger partial charge < -0.3 is 19.7 Å². The molecule has 240 valence electrons. The average molecular weight is 624 g/mol. The number of allylic oxidation sites excluding steroid dienone is 1. The zero-order valence-corrected chi connectivity index (χ0v) is 29.5. The van der Waals surface area contributed by atoms with Crippen LogP contribution in [0.15, 0.2) is 41.1 Å². The summed E-state index contributed by atoms with van der Waals surface area (Å²) in [6.07, 6.45) is 7.69. The van der Waals surface area contributed by atoms with E-state index < -0.39 is 31.9 Å². The molecule has 0 radical (unpaired) electrons. The van der Waals surface area contributed by atoms with Crippen molar-refractivity contribution in [1.82, 2.24) is 4.98 Å². The highest BCUT2D eigenvalue weighted by Gasteiger charge is 2.42. The summed E-state index contributed by atoms with van der Waals surface area (Å²) in [7, 11) is -2.08. The number of aliphatic hydroxyl groups excluding tert-OH is 3. The smallest absolute Gasteiger partial charge is 0.192 e. The van der Waals surface area contributed by atoms with Crippen LogP contribution in [-0.4, -0.2) is 59.3 Å². The fourth-order valence-electron chi connectivity index (χ4n) is 4.83. The first-order valence-electron chi connectivity index (χ1n) is 15.5. The lowest BCUT2D eigenvalue weighted by atomic mass is 9.71. The van der Waals surface area contributed by atoms with Gasteiger partial charge in [0.25, 0.3) is 0 Å². The Morgan fingerprint density at radius 3 is 2.31 bits per heavy atom. The zero-order valence-electron chi connectivity index (χ0n) is 27.8. The summed E-state index contributed by atoms with van der Waals surface area (Å²) >= 11 is 6.85. The van der Waals surface area contributed by atoms with Gasteiger partial charge in [-0.1, -0.05) is 77.8 Å². The maximum atomic E-state index is 13.3. The van der Waals surface area contributed by atoms with Crippen LogP contribution in [0.2, 0.25) is 18.1 Å². The van der Waals surface area contributed by atoms with Gasteiger partial charge in [-0.15, -0.1) is 0 Å². The standard InChI is InChI=1S/C34H58ClNO5Si/c1-11-27(32(40)34(7,8)30(38)20-22-37)31(39)25(3)16-14-15-24(2)18-19-29(41-42(9,10)33(4,5)6)28(35)23-26-17-12-13-21-36-26/h12-13,17-18,21,23,25,27,29-31,37-39H,11,14-16,19-20,22H2,1-10H3. The lowest BCUT2D eigenvalue weighted by Gasteiger charge is -2.39. The van der Waals surface area contributed by atoms with Crippen molar-refractivity contribution >= 4 is 31.8 Å². The van der Waals surface area contributed by atoms with Crippen LogP contribution in [-0.2, 0) is 9.22 Å². The number of rotatable bonds is 18. The summed E-state index contributed by atoms with van der Waals surface area (Å²) in [6, 6.07) is 5.75. The molecule has 8 heteroatoms. The number of aromatic nitrogens is 1. The molecule has 1 aromatic rings. The molecule has 5 atom stereocenters. The van der Waals surface area contributed by atoms with Crippen LogP contribution < -0.4 is 0 Å². The molecule has 0 spiro atoms. The molecule has 1 aromatic heterocycles. The summed E-state index contributed by atoms with van der Waals surface area (Å²) < 4.78 is 6.75. The second-order valence-electron chi connectivity index (χ2n) is 13.9. The number of nitrogens with zero attached hydrogens (tertiary/aromatic N) is 1. The maximum Gasteiger partial charge on any atom is 0.192 e. The maximum absolute atomic E-state index is 13.3. The molecular weight excluding hydrogens is 566 g/mol. The Hall–Kier alpha value is -1.35. The van der Waals surface area contributed by atoms with Crippen molar-refractivity contribution in [1.29, 1.82) is 0 Å². The van der Waals surface area contributed by atoms with Crippen molar-refractivity contribution in [2.75, 3.05) is 6.61 Å². The minimum absolute atomic E-state index is 0.0486. The first-order chi connectivity index (χ1) is 19.4. The normalized spacial score (nSPS) is 17.5. The lowest BCUT2D eigenvalue weighted by Crippen LogP contribution is -2.45. The molecule has 6 nitrogen and oxygen atoms in total. The Morgan fingerprint density at radius 1 is 1.14 bits per heavy atom. The van der Waals surface area contributed by atoms with Crippen molar-refractivity contribution < 1.29 is 24.5 Å². The Morgan fingerprint density at radius 2 is 1.79 bits per heavy atom. The summed E-state index contributed by atoms with van der Waals surface area (Å²) in [4.78, 5) is 17.7. The summed E-state index contributed by atoms with van der Waals surface area (Å²) in [6.45, 7) is 20.3. The van der Waals surface area contributed by atoms with Crippen molar-refractivity contribution in [2.45, 2.75) is 130 Å². The van der Waals surface area contributed by atoms with Gasteiger partial charge >= 0.3 is 0 Å². The van der Waals surface area contributed by atoms with E-state index in [1.807, 2.05) is 38.1 Å². The van der Waals surface area contributed by atoms with Gasteiger partial charge in [-0.25, -0.2) is 0 Å². The van der Waals surface area contributed by atoms with Crippen LogP contribution >= 0.6 is 11.6 Å². The predicted octanol–water partition coefficient (Wildman–Crippen LogP) is 7.92. The summed E-state index contributed by atoms with van der Waals surface area (Å²) in [5.41, 5.74) is 1.01. The van der Waals surface area contributed by atoms with Gasteiger partial charge in [0.15, 0.2) is 8.32 Å². The summed E-state index contributed by atoms with van der Waals surface area (Å²) in [5, 5.41) is 31.4. The van der Waals surface area contributed by atoms with E-state index in [0.717, 1.165) is 25.0 Å². The topological polar surface area (TPSA) is 99.9 Å². The largest absolute Gasteiger partial charge is 0.409 e. The quantitative estimate of drug-likeness (QED) is 0.113. The van der Waals surface area contributed by atoms with Gasteiger partial charge in [0.1, 0.15) is 5.78 Å². The van der Waals surface area contributed by atoms with Crippen LogP contribution in [0.25, 0.3) is 6.08 Å². The minimum atomic E-state index is -2.08. The highest BCUT2D eigenvalue weighted by atomic mass is 35.5. The molecule has 0 saturated heterocycles. The third-order valence-electron chi connectivity index (χ3n) is 9.08. The number of pyridine rings is 1. The monoisotopic (exact) mass is 623 g/mol. The molecule has 0 aliphatic heterocycles. The van der Waals surface area contributed by atoms with E-state index in [1.165, 1.54) is 5.57 Å². The van der Waals surface area contributed by atoms with Crippen molar-refractivity contribution in [3.8, 4) is 0 Å². The molecule has 0 saturated carbocycles. The number of carbonyl (C=O) groups is 1. The highest BCUT2D eigenvalue weighted by molar-refractivity contribution is 6.74. The van der Waals surface area contributed by atoms with Crippen LogP contribution in [0.3, 0.4) is 0 Å². The molecule has 3 N–H and O–H groups in total. The summed E-state index contributed by atoms with van der Waals surface area (Å²) in [5.74, 6) is -0.769. The Labute approximate surface area is 261 Å². The molecule has 0 bridgehead atoms. The van der Waals surface area contributed by atoms with E-state index in [0.29, 0.717) is 17.9 Å². The highest BCUT2D eigenvalue weighted by Crippen LogP contribution is 2.39. The van der Waals surface area contributed by atoms with Crippen LogP contribution in [0, 0.1) is 17.3 Å². The first kappa shape index (κ1) is 38.7. The van der Waals surface area contributed by atoms with Crippen molar-refractivity contribution in [3.05, 3.63) is 46.8 Å². The molecule has 5 unspecified atom stereocenters. The second-order valence-corrected chi connectivity index (χ2v) is 19.1. The second kappa shape index (κ2) is 17.2. The van der Waals surface area contributed by atoms with Gasteiger partial charge in [0.05, 0.1) is 24.0 Å². The van der Waals surface area contributed by atoms with E-state index in [1.54, 1.807) is 20.0 Å². The number of halogens is 1. The van der Waals surface area contributed by atoms with E-state index >= 15 is 0 Å². The molecular formula is C34H58ClNO5Si. The Bertz CT molecular complexity index is 1020. The number of ketones is 1. The zero-order chi connectivity index (χ0) is 32.3. The molecule has 0 amide bonds.